The molecule has 0 radical (unpaired) electrons. The summed E-state index contributed by atoms with van der Waals surface area (Å²) in [6.45, 7) is 0.965. The SMILES string of the molecule is NC(=O)N1CCc2c1ccc1[nH]c(C(=O)N3CC4N[C@@]45C3=CC(=O)c3ccccc35)nc21. The van der Waals surface area contributed by atoms with Gasteiger partial charge in [0.15, 0.2) is 11.6 Å². The number of hydrogen-bond donors (Lipinski definition) is 3. The number of allylic oxidation sites excluding steroid dienone is 1. The molecule has 4 N–H and O–H groups in total. The lowest BCUT2D eigenvalue weighted by atomic mass is 9.83. The summed E-state index contributed by atoms with van der Waals surface area (Å²) < 4.78 is 0. The van der Waals surface area contributed by atoms with Crippen molar-refractivity contribution in [3.63, 3.8) is 0 Å². The number of ketones is 1. The minimum absolute atomic E-state index is 0.0738. The third-order valence-corrected chi connectivity index (χ3v) is 7.11. The Kier molecular flexibility index (Phi) is 3.11. The van der Waals surface area contributed by atoms with Gasteiger partial charge in [0.2, 0.25) is 0 Å². The molecule has 3 amide bonds. The van der Waals surface area contributed by atoms with Crippen LogP contribution in [-0.2, 0) is 12.0 Å². The zero-order chi connectivity index (χ0) is 21.8. The zero-order valence-electron chi connectivity index (χ0n) is 16.9. The van der Waals surface area contributed by atoms with Gasteiger partial charge in [0.25, 0.3) is 5.91 Å². The van der Waals surface area contributed by atoms with Crippen LogP contribution in [0.1, 0.15) is 32.1 Å². The van der Waals surface area contributed by atoms with E-state index >= 15 is 0 Å². The maximum Gasteiger partial charge on any atom is 0.319 e. The number of likely N-dealkylation sites (tertiary alicyclic amines) is 1. The molecule has 3 aliphatic heterocycles. The van der Waals surface area contributed by atoms with E-state index < -0.39 is 11.6 Å². The van der Waals surface area contributed by atoms with Crippen LogP contribution in [0.4, 0.5) is 10.5 Å². The quantitative estimate of drug-likeness (QED) is 0.506. The molecule has 1 aliphatic carbocycles. The molecule has 1 spiro atoms. The molecule has 2 fully saturated rings. The Labute approximate surface area is 181 Å². The van der Waals surface area contributed by atoms with Gasteiger partial charge in [0.05, 0.1) is 28.5 Å². The van der Waals surface area contributed by atoms with Crippen molar-refractivity contribution in [2.24, 2.45) is 5.73 Å². The number of aromatic amines is 1. The van der Waals surface area contributed by atoms with E-state index in [1.807, 2.05) is 36.4 Å². The smallest absolute Gasteiger partial charge is 0.319 e. The summed E-state index contributed by atoms with van der Waals surface area (Å²) in [5, 5.41) is 3.48. The average molecular weight is 426 g/mol. The Hall–Kier alpha value is -3.98. The van der Waals surface area contributed by atoms with Crippen molar-refractivity contribution in [1.82, 2.24) is 20.2 Å². The molecule has 3 aromatic rings. The number of rotatable bonds is 1. The van der Waals surface area contributed by atoms with E-state index in [1.54, 1.807) is 11.0 Å². The molecular formula is C23H18N6O3. The molecule has 7 rings (SSSR count). The van der Waals surface area contributed by atoms with E-state index in [2.05, 4.69) is 15.3 Å². The van der Waals surface area contributed by atoms with Crippen LogP contribution in [0.5, 0.6) is 0 Å². The molecule has 158 valence electrons. The molecule has 9 nitrogen and oxygen atoms in total. The van der Waals surface area contributed by atoms with Crippen molar-refractivity contribution in [3.05, 3.63) is 70.7 Å². The van der Waals surface area contributed by atoms with E-state index in [0.29, 0.717) is 36.3 Å². The van der Waals surface area contributed by atoms with E-state index in [-0.39, 0.29) is 23.6 Å². The second-order valence-corrected chi connectivity index (χ2v) is 8.64. The average Bonchev–Trinajstić information content (AvgIpc) is 3.13. The first kappa shape index (κ1) is 17.7. The lowest BCUT2D eigenvalue weighted by molar-refractivity contribution is 0.0801. The molecule has 9 heteroatoms. The number of imidazole rings is 1. The Morgan fingerprint density at radius 1 is 1.16 bits per heavy atom. The molecule has 4 heterocycles. The number of fused-ring (bicyclic) bond motifs is 4. The monoisotopic (exact) mass is 426 g/mol. The van der Waals surface area contributed by atoms with Gasteiger partial charge < -0.3 is 15.6 Å². The number of aromatic nitrogens is 2. The van der Waals surface area contributed by atoms with E-state index in [9.17, 15) is 14.4 Å². The topological polar surface area (TPSA) is 134 Å². The standard InChI is InChI=1S/C23H18N6O3/c24-22(32)28-8-7-12-15(28)6-5-14-19(12)26-20(25-14)21(31)29-10-17-23(27-17)13-4-2-1-3-11(13)16(30)9-18(23)29/h1-6,9,17,27H,7-8,10H2,(H2,24,32)(H,25,26)/t17?,23-/m1/s1. The number of anilines is 1. The largest absolute Gasteiger partial charge is 0.351 e. The van der Waals surface area contributed by atoms with Crippen molar-refractivity contribution in [3.8, 4) is 0 Å². The van der Waals surface area contributed by atoms with Gasteiger partial charge in [-0.25, -0.2) is 9.78 Å². The minimum Gasteiger partial charge on any atom is -0.351 e. The van der Waals surface area contributed by atoms with Crippen LogP contribution in [0.3, 0.4) is 0 Å². The number of carbonyl (C=O) groups excluding carboxylic acids is 3. The summed E-state index contributed by atoms with van der Waals surface area (Å²) in [4.78, 5) is 48.8. The first-order chi connectivity index (χ1) is 15.5. The van der Waals surface area contributed by atoms with Crippen molar-refractivity contribution >= 4 is 34.4 Å². The van der Waals surface area contributed by atoms with Gasteiger partial charge in [-0.15, -0.1) is 0 Å². The van der Waals surface area contributed by atoms with E-state index in [1.165, 1.54) is 4.90 Å². The maximum atomic E-state index is 13.5. The third kappa shape index (κ3) is 2.01. The van der Waals surface area contributed by atoms with Gasteiger partial charge in [-0.05, 0) is 24.1 Å². The Balaban J connectivity index is 1.28. The minimum atomic E-state index is -0.502. The molecule has 2 atom stereocenters. The van der Waals surface area contributed by atoms with Crippen LogP contribution >= 0.6 is 0 Å². The van der Waals surface area contributed by atoms with Crippen LogP contribution in [0, 0.1) is 0 Å². The maximum absolute atomic E-state index is 13.5. The van der Waals surface area contributed by atoms with Crippen LogP contribution in [0.15, 0.2) is 48.2 Å². The highest BCUT2D eigenvalue weighted by atomic mass is 16.2. The molecule has 4 aliphatic rings. The number of amides is 3. The number of nitrogens with one attached hydrogen (secondary N) is 2. The van der Waals surface area contributed by atoms with Gasteiger partial charge in [-0.2, -0.15) is 0 Å². The second kappa shape index (κ2) is 5.63. The number of carbonyl (C=O) groups is 3. The van der Waals surface area contributed by atoms with E-state index in [0.717, 1.165) is 22.3 Å². The van der Waals surface area contributed by atoms with Crippen molar-refractivity contribution < 1.29 is 14.4 Å². The summed E-state index contributed by atoms with van der Waals surface area (Å²) in [5.74, 6) is -0.150. The molecule has 0 bridgehead atoms. The molecule has 32 heavy (non-hydrogen) atoms. The van der Waals surface area contributed by atoms with Gasteiger partial charge in [-0.3, -0.25) is 19.8 Å². The molecule has 1 aromatic heterocycles. The number of primary amides is 1. The first-order valence-electron chi connectivity index (χ1n) is 10.5. The summed E-state index contributed by atoms with van der Waals surface area (Å²) in [6, 6.07) is 10.8. The van der Waals surface area contributed by atoms with E-state index in [4.69, 9.17) is 5.73 Å². The number of hydrogen-bond acceptors (Lipinski definition) is 5. The summed E-state index contributed by atoms with van der Waals surface area (Å²) in [5.41, 5.74) is 10.3. The summed E-state index contributed by atoms with van der Waals surface area (Å²) in [7, 11) is 0. The van der Waals surface area contributed by atoms with Gasteiger partial charge in [0.1, 0.15) is 5.54 Å². The number of nitrogens with zero attached hydrogens (tertiary/aromatic N) is 3. The zero-order valence-corrected chi connectivity index (χ0v) is 16.9. The van der Waals surface area contributed by atoms with Crippen LogP contribution in [0.25, 0.3) is 11.0 Å². The van der Waals surface area contributed by atoms with Crippen LogP contribution in [-0.4, -0.2) is 51.7 Å². The third-order valence-electron chi connectivity index (χ3n) is 7.11. The molecule has 0 saturated carbocycles. The predicted molar refractivity (Wildman–Crippen MR) is 115 cm³/mol. The van der Waals surface area contributed by atoms with Crippen LogP contribution in [0.2, 0.25) is 0 Å². The number of nitrogens with two attached hydrogens (primary N) is 1. The fourth-order valence-electron chi connectivity index (χ4n) is 5.62. The summed E-state index contributed by atoms with van der Waals surface area (Å²) >= 11 is 0. The number of piperazine rings is 1. The van der Waals surface area contributed by atoms with Gasteiger partial charge in [-0.1, -0.05) is 24.3 Å². The van der Waals surface area contributed by atoms with Gasteiger partial charge in [0, 0.05) is 30.3 Å². The summed E-state index contributed by atoms with van der Waals surface area (Å²) in [6.07, 6.45) is 2.20. The van der Waals surface area contributed by atoms with Crippen LogP contribution < -0.4 is 16.0 Å². The van der Waals surface area contributed by atoms with Crippen molar-refractivity contribution in [2.45, 2.75) is 18.0 Å². The highest BCUT2D eigenvalue weighted by molar-refractivity contribution is 6.10. The number of H-pyrrole nitrogens is 1. The number of benzene rings is 2. The highest BCUT2D eigenvalue weighted by Gasteiger charge is 2.67. The second-order valence-electron chi connectivity index (χ2n) is 8.64. The normalized spacial score (nSPS) is 24.7. The lowest BCUT2D eigenvalue weighted by Crippen LogP contribution is -2.37. The van der Waals surface area contributed by atoms with Crippen molar-refractivity contribution in [2.75, 3.05) is 18.0 Å². The number of urea groups is 1. The highest BCUT2D eigenvalue weighted by Crippen LogP contribution is 2.54. The molecule has 1 unspecified atom stereocenters. The lowest BCUT2D eigenvalue weighted by Gasteiger charge is -2.28. The van der Waals surface area contributed by atoms with Crippen molar-refractivity contribution in [1.29, 1.82) is 0 Å². The first-order valence-corrected chi connectivity index (χ1v) is 10.5. The fraction of sp³-hybridized carbons (Fsp3) is 0.217. The Morgan fingerprint density at radius 2 is 2.00 bits per heavy atom. The molecule has 2 saturated heterocycles. The fourth-order valence-corrected chi connectivity index (χ4v) is 5.62. The van der Waals surface area contributed by atoms with Gasteiger partial charge >= 0.3 is 6.03 Å². The predicted octanol–water partition coefficient (Wildman–Crippen LogP) is 1.41. The Morgan fingerprint density at radius 3 is 2.84 bits per heavy atom. The Bertz CT molecular complexity index is 1440. The molecule has 2 aromatic carbocycles. The molecular weight excluding hydrogens is 408 g/mol.